The molecule has 8 heteroatoms. The normalized spacial score (nSPS) is 32.8. The van der Waals surface area contributed by atoms with Gasteiger partial charge < -0.3 is 19.7 Å². The molecule has 5 aliphatic rings. The van der Waals surface area contributed by atoms with E-state index in [1.54, 1.807) is 12.5 Å². The van der Waals surface area contributed by atoms with E-state index in [0.717, 1.165) is 55.8 Å². The lowest BCUT2D eigenvalue weighted by Crippen LogP contribution is -2.50. The third-order valence-electron chi connectivity index (χ3n) is 13.3. The van der Waals surface area contributed by atoms with Gasteiger partial charge in [-0.25, -0.2) is 4.79 Å². The van der Waals surface area contributed by atoms with Crippen molar-refractivity contribution in [2.45, 2.75) is 138 Å². The van der Waals surface area contributed by atoms with Crippen molar-refractivity contribution in [1.29, 1.82) is 0 Å². The number of unbranched alkanes of at least 4 members (excludes halogenated alkanes) is 2. The van der Waals surface area contributed by atoms with E-state index in [9.17, 15) is 19.2 Å². The number of hydrogen-bond donors (Lipinski definition) is 1. The molecule has 0 aromatic rings. The van der Waals surface area contributed by atoms with Crippen molar-refractivity contribution >= 4 is 23.8 Å². The number of nitrogens with one attached hydrogen (secondary N) is 1. The van der Waals surface area contributed by atoms with Gasteiger partial charge in [-0.15, -0.1) is 0 Å². The maximum Gasteiger partial charge on any atom is 0.407 e. The number of carbonyl (C=O) groups is 4. The Labute approximate surface area is 295 Å². The van der Waals surface area contributed by atoms with E-state index in [0.29, 0.717) is 30.7 Å². The average Bonchev–Trinajstić information content (AvgIpc) is 3.62. The average molecular weight is 681 g/mol. The molecule has 0 radical (unpaired) electrons. The van der Waals surface area contributed by atoms with Crippen LogP contribution in [0.5, 0.6) is 0 Å². The minimum atomic E-state index is -0.858. The van der Waals surface area contributed by atoms with E-state index in [1.807, 2.05) is 0 Å². The van der Waals surface area contributed by atoms with Crippen molar-refractivity contribution in [3.8, 4) is 0 Å². The fourth-order valence-corrected chi connectivity index (χ4v) is 10.5. The van der Waals surface area contributed by atoms with Gasteiger partial charge in [-0.05, 0) is 105 Å². The fraction of sp³-hybridized carbons (Fsp3) is 0.805. The molecule has 274 valence electrons. The van der Waals surface area contributed by atoms with Crippen LogP contribution in [0, 0.1) is 46.3 Å². The minimum absolute atomic E-state index is 0.0233. The molecule has 0 aromatic heterocycles. The second-order valence-electron chi connectivity index (χ2n) is 16.9. The zero-order valence-electron chi connectivity index (χ0n) is 31.3. The molecule has 0 aromatic carbocycles. The summed E-state index contributed by atoms with van der Waals surface area (Å²) < 4.78 is 10.9. The van der Waals surface area contributed by atoms with Gasteiger partial charge in [-0.3, -0.25) is 14.4 Å². The van der Waals surface area contributed by atoms with Crippen LogP contribution in [0.25, 0.3) is 0 Å². The monoisotopic (exact) mass is 680 g/mol. The first-order chi connectivity index (χ1) is 23.4. The van der Waals surface area contributed by atoms with Crippen LogP contribution in [-0.4, -0.2) is 61.0 Å². The number of likely N-dealkylation sites (tertiary alicyclic amines) is 1. The molecule has 49 heavy (non-hydrogen) atoms. The maximum absolute atomic E-state index is 12.7. The molecule has 0 bridgehead atoms. The Morgan fingerprint density at radius 2 is 1.73 bits per heavy atom. The Morgan fingerprint density at radius 1 is 0.959 bits per heavy atom. The highest BCUT2D eigenvalue weighted by Gasteiger charge is 2.57. The molecule has 3 fully saturated rings. The molecule has 6 unspecified atom stereocenters. The molecule has 2 saturated carbocycles. The summed E-state index contributed by atoms with van der Waals surface area (Å²) in [5.74, 6) is 1.94. The molecule has 8 nitrogen and oxygen atoms in total. The first-order valence-electron chi connectivity index (χ1n) is 19.7. The quantitative estimate of drug-likeness (QED) is 0.0859. The lowest BCUT2D eigenvalue weighted by molar-refractivity contribution is -0.149. The molecular weight excluding hydrogens is 616 g/mol. The number of rotatable bonds is 14. The fourth-order valence-electron chi connectivity index (χ4n) is 10.5. The lowest BCUT2D eigenvalue weighted by Gasteiger charge is -2.58. The zero-order valence-corrected chi connectivity index (χ0v) is 31.3. The number of esters is 1. The van der Waals surface area contributed by atoms with Crippen LogP contribution in [0.15, 0.2) is 23.3 Å². The van der Waals surface area contributed by atoms with Gasteiger partial charge >= 0.3 is 12.1 Å². The molecule has 1 heterocycles. The SMILES string of the molecule is CCOC(=O)C1CN(C(=O)CCCCCNC(=O)O[C@H]2CC[C@@]3(C)C(=CCC4C5CC=C(C(C)CCCC(C)C)C5(C)CCC43)C2)CC1=O. The van der Waals surface area contributed by atoms with E-state index in [2.05, 4.69) is 52.1 Å². The number of ketones is 1. The number of hydrogen-bond acceptors (Lipinski definition) is 6. The molecule has 5 rings (SSSR count). The van der Waals surface area contributed by atoms with E-state index in [-0.39, 0.29) is 49.0 Å². The van der Waals surface area contributed by atoms with Gasteiger partial charge in [-0.1, -0.05) is 77.2 Å². The van der Waals surface area contributed by atoms with Gasteiger partial charge in [0, 0.05) is 25.9 Å². The van der Waals surface area contributed by atoms with Crippen molar-refractivity contribution < 1.29 is 28.7 Å². The van der Waals surface area contributed by atoms with Crippen molar-refractivity contribution in [2.75, 3.05) is 26.2 Å². The molecule has 1 N–H and O–H groups in total. The van der Waals surface area contributed by atoms with Crippen LogP contribution in [0.3, 0.4) is 0 Å². The van der Waals surface area contributed by atoms with Gasteiger partial charge in [0.2, 0.25) is 5.91 Å². The Bertz CT molecular complexity index is 1290. The zero-order chi connectivity index (χ0) is 35.3. The standard InChI is InChI=1S/C41H64N2O6/c1-7-48-38(46)32-25-43(26-36(32)44)37(45)14-9-8-10-23-42-39(47)49-30-19-21-40(5)29(24-30)15-16-31-34-18-17-33(28(4)13-11-12-27(2)3)41(34,6)22-20-35(31)40/h15,17,27-28,30-32,34-35H,7-14,16,18-26H2,1-6H3,(H,42,47)/t28?,30-,31?,32?,34?,35?,40-,41?/m0/s1. The largest absolute Gasteiger partial charge is 0.465 e. The van der Waals surface area contributed by atoms with E-state index >= 15 is 0 Å². The molecule has 1 aliphatic heterocycles. The van der Waals surface area contributed by atoms with Gasteiger partial charge in [0.1, 0.15) is 12.0 Å². The van der Waals surface area contributed by atoms with Crippen LogP contribution in [-0.2, 0) is 23.9 Å². The molecule has 2 amide bonds. The summed E-state index contributed by atoms with van der Waals surface area (Å²) in [6.45, 7) is 14.8. The summed E-state index contributed by atoms with van der Waals surface area (Å²) in [7, 11) is 0. The second kappa shape index (κ2) is 16.1. The summed E-state index contributed by atoms with van der Waals surface area (Å²) in [4.78, 5) is 50.8. The Morgan fingerprint density at radius 3 is 2.49 bits per heavy atom. The molecule has 8 atom stereocenters. The highest BCUT2D eigenvalue weighted by Crippen LogP contribution is 2.66. The first kappa shape index (κ1) is 37.6. The van der Waals surface area contributed by atoms with Gasteiger partial charge in [0.25, 0.3) is 0 Å². The third-order valence-corrected chi connectivity index (χ3v) is 13.3. The minimum Gasteiger partial charge on any atom is -0.465 e. The number of Topliss-reactive ketones (excluding diaryl/α,β-unsaturated/α-hetero) is 1. The number of nitrogens with zero attached hydrogens (tertiary/aromatic N) is 1. The molecular formula is C41H64N2O6. The van der Waals surface area contributed by atoms with E-state index in [1.165, 1.54) is 55.4 Å². The summed E-state index contributed by atoms with van der Waals surface area (Å²) in [6.07, 6.45) is 19.2. The van der Waals surface area contributed by atoms with Crippen molar-refractivity contribution in [2.24, 2.45) is 46.3 Å². The van der Waals surface area contributed by atoms with Gasteiger partial charge in [-0.2, -0.15) is 0 Å². The Balaban J connectivity index is 1.02. The number of allylic oxidation sites excluding steroid dienone is 3. The summed E-state index contributed by atoms with van der Waals surface area (Å²) in [5, 5.41) is 2.92. The maximum atomic E-state index is 12.7. The Hall–Kier alpha value is -2.64. The number of alkyl carbamates (subject to hydrolysis) is 1. The van der Waals surface area contributed by atoms with E-state index in [4.69, 9.17) is 9.47 Å². The second-order valence-corrected chi connectivity index (χ2v) is 16.9. The van der Waals surface area contributed by atoms with Crippen LogP contribution >= 0.6 is 0 Å². The van der Waals surface area contributed by atoms with Crippen molar-refractivity contribution in [3.63, 3.8) is 0 Å². The smallest absolute Gasteiger partial charge is 0.407 e. The number of carbonyl (C=O) groups excluding carboxylic acids is 4. The summed E-state index contributed by atoms with van der Waals surface area (Å²) in [5.41, 5.74) is 3.86. The number of amides is 2. The number of fused-ring (bicyclic) bond motifs is 5. The first-order valence-corrected chi connectivity index (χ1v) is 19.7. The van der Waals surface area contributed by atoms with Crippen molar-refractivity contribution in [1.82, 2.24) is 10.2 Å². The van der Waals surface area contributed by atoms with Crippen LogP contribution < -0.4 is 5.32 Å². The predicted octanol–water partition coefficient (Wildman–Crippen LogP) is 8.19. The number of ether oxygens (including phenoxy) is 2. The van der Waals surface area contributed by atoms with Crippen LogP contribution in [0.1, 0.15) is 131 Å². The molecule has 4 aliphatic carbocycles. The summed E-state index contributed by atoms with van der Waals surface area (Å²) in [6, 6.07) is 0. The molecule has 1 saturated heterocycles. The van der Waals surface area contributed by atoms with E-state index < -0.39 is 11.9 Å². The van der Waals surface area contributed by atoms with Crippen molar-refractivity contribution in [3.05, 3.63) is 23.3 Å². The van der Waals surface area contributed by atoms with Gasteiger partial charge in [0.05, 0.1) is 13.2 Å². The molecule has 0 spiro atoms. The lowest BCUT2D eigenvalue weighted by atomic mass is 9.47. The van der Waals surface area contributed by atoms with Gasteiger partial charge in [0.15, 0.2) is 5.78 Å². The third kappa shape index (κ3) is 8.30. The van der Waals surface area contributed by atoms with Crippen LogP contribution in [0.2, 0.25) is 0 Å². The highest BCUT2D eigenvalue weighted by molar-refractivity contribution is 6.04. The summed E-state index contributed by atoms with van der Waals surface area (Å²) >= 11 is 0. The highest BCUT2D eigenvalue weighted by atomic mass is 16.6. The topological polar surface area (TPSA) is 102 Å². The van der Waals surface area contributed by atoms with Crippen LogP contribution in [0.4, 0.5) is 4.79 Å². The Kier molecular flexibility index (Phi) is 12.4. The predicted molar refractivity (Wildman–Crippen MR) is 191 cm³/mol.